The van der Waals surface area contributed by atoms with Gasteiger partial charge in [0.1, 0.15) is 0 Å². The van der Waals surface area contributed by atoms with Crippen molar-refractivity contribution in [2.75, 3.05) is 18.4 Å². The average Bonchev–Trinajstić information content (AvgIpc) is 2.92. The van der Waals surface area contributed by atoms with Crippen molar-refractivity contribution >= 4 is 17.5 Å². The number of hydrogen-bond donors (Lipinski definition) is 2. The summed E-state index contributed by atoms with van der Waals surface area (Å²) in [5.41, 5.74) is 6.90. The fourth-order valence-electron chi connectivity index (χ4n) is 3.82. The molecular formula is C20H29N3O2. The summed E-state index contributed by atoms with van der Waals surface area (Å²) in [5.74, 6) is -0.0267. The van der Waals surface area contributed by atoms with E-state index < -0.39 is 5.54 Å². The highest BCUT2D eigenvalue weighted by Gasteiger charge is 2.35. The first-order valence-corrected chi connectivity index (χ1v) is 9.58. The summed E-state index contributed by atoms with van der Waals surface area (Å²) < 4.78 is 0. The van der Waals surface area contributed by atoms with Gasteiger partial charge in [0.25, 0.3) is 5.91 Å². The lowest BCUT2D eigenvalue weighted by Crippen LogP contribution is -2.52. The predicted molar refractivity (Wildman–Crippen MR) is 99.4 cm³/mol. The highest BCUT2D eigenvalue weighted by atomic mass is 16.2. The number of nitrogens with one attached hydrogen (secondary N) is 1. The van der Waals surface area contributed by atoms with Gasteiger partial charge in [0, 0.05) is 24.3 Å². The Kier molecular flexibility index (Phi) is 5.74. The van der Waals surface area contributed by atoms with Gasteiger partial charge in [-0.25, -0.2) is 0 Å². The van der Waals surface area contributed by atoms with Crippen LogP contribution in [0.3, 0.4) is 0 Å². The number of nitrogens with two attached hydrogens (primary N) is 1. The molecule has 1 saturated carbocycles. The molecule has 0 atom stereocenters. The molecule has 0 radical (unpaired) electrons. The van der Waals surface area contributed by atoms with Crippen LogP contribution in [-0.2, 0) is 4.79 Å². The van der Waals surface area contributed by atoms with E-state index in [1.807, 2.05) is 4.90 Å². The Hall–Kier alpha value is -1.88. The number of likely N-dealkylation sites (tertiary alicyclic amines) is 1. The maximum Gasteiger partial charge on any atom is 0.253 e. The summed E-state index contributed by atoms with van der Waals surface area (Å²) in [6.07, 6.45) is 9.22. The lowest BCUT2D eigenvalue weighted by molar-refractivity contribution is -0.122. The Morgan fingerprint density at radius 1 is 0.880 bits per heavy atom. The number of amides is 2. The summed E-state index contributed by atoms with van der Waals surface area (Å²) in [6, 6.07) is 7.20. The molecule has 1 aliphatic carbocycles. The molecule has 0 aromatic heterocycles. The molecule has 1 aliphatic heterocycles. The van der Waals surface area contributed by atoms with Crippen molar-refractivity contribution in [3.8, 4) is 0 Å². The van der Waals surface area contributed by atoms with E-state index in [0.29, 0.717) is 11.3 Å². The van der Waals surface area contributed by atoms with Crippen LogP contribution in [0.5, 0.6) is 0 Å². The fraction of sp³-hybridized carbons (Fsp3) is 0.600. The molecule has 1 saturated heterocycles. The zero-order valence-electron chi connectivity index (χ0n) is 14.9. The quantitative estimate of drug-likeness (QED) is 0.884. The van der Waals surface area contributed by atoms with Gasteiger partial charge >= 0.3 is 0 Å². The number of anilines is 1. The molecule has 0 unspecified atom stereocenters. The number of carbonyl (C=O) groups is 2. The minimum atomic E-state index is -0.751. The van der Waals surface area contributed by atoms with Crippen LogP contribution in [0, 0.1) is 0 Å². The van der Waals surface area contributed by atoms with Gasteiger partial charge in [0.2, 0.25) is 5.91 Å². The molecule has 1 aromatic carbocycles. The maximum atomic E-state index is 12.6. The van der Waals surface area contributed by atoms with E-state index in [2.05, 4.69) is 5.32 Å². The third-order valence-electron chi connectivity index (χ3n) is 5.48. The van der Waals surface area contributed by atoms with Crippen LogP contribution in [0.25, 0.3) is 0 Å². The lowest BCUT2D eigenvalue weighted by atomic mass is 9.82. The van der Waals surface area contributed by atoms with Crippen LogP contribution in [-0.4, -0.2) is 35.3 Å². The van der Waals surface area contributed by atoms with Crippen LogP contribution in [0.4, 0.5) is 5.69 Å². The number of hydrogen-bond acceptors (Lipinski definition) is 3. The molecule has 5 nitrogen and oxygen atoms in total. The summed E-state index contributed by atoms with van der Waals surface area (Å²) in [4.78, 5) is 27.0. The van der Waals surface area contributed by atoms with Gasteiger partial charge in [-0.3, -0.25) is 9.59 Å². The average molecular weight is 343 g/mol. The largest absolute Gasteiger partial charge is 0.339 e. The highest BCUT2D eigenvalue weighted by Crippen LogP contribution is 2.27. The van der Waals surface area contributed by atoms with E-state index in [9.17, 15) is 9.59 Å². The SMILES string of the molecule is NC1(C(=O)Nc2ccc(C(=O)N3CCCCCC3)cc2)CCCCC1. The monoisotopic (exact) mass is 343 g/mol. The first-order chi connectivity index (χ1) is 12.1. The second-order valence-corrected chi connectivity index (χ2v) is 7.45. The van der Waals surface area contributed by atoms with Crippen LogP contribution < -0.4 is 11.1 Å². The Bertz CT molecular complexity index is 598. The van der Waals surface area contributed by atoms with Crippen LogP contribution in [0.15, 0.2) is 24.3 Å². The predicted octanol–water partition coefficient (Wildman–Crippen LogP) is 3.30. The number of benzene rings is 1. The zero-order valence-corrected chi connectivity index (χ0v) is 14.9. The molecule has 2 aliphatic rings. The molecule has 0 spiro atoms. The third kappa shape index (κ3) is 4.40. The lowest BCUT2D eigenvalue weighted by Gasteiger charge is -2.31. The summed E-state index contributed by atoms with van der Waals surface area (Å²) >= 11 is 0. The number of rotatable bonds is 3. The van der Waals surface area contributed by atoms with Crippen LogP contribution >= 0.6 is 0 Å². The zero-order chi connectivity index (χ0) is 17.7. The number of carbonyl (C=O) groups excluding carboxylic acids is 2. The van der Waals surface area contributed by atoms with Gasteiger partial charge in [-0.1, -0.05) is 32.1 Å². The normalized spacial score (nSPS) is 20.6. The molecule has 3 rings (SSSR count). The molecule has 5 heteroatoms. The standard InChI is InChI=1S/C20H29N3O2/c21-20(12-4-3-5-13-20)19(25)22-17-10-8-16(9-11-17)18(24)23-14-6-1-2-7-15-23/h8-11H,1-7,12-15,21H2,(H,22,25). The van der Waals surface area contributed by atoms with Crippen molar-refractivity contribution in [2.24, 2.45) is 5.73 Å². The fourth-order valence-corrected chi connectivity index (χ4v) is 3.82. The first kappa shape index (κ1) is 17.9. The van der Waals surface area contributed by atoms with Gasteiger partial charge in [-0.05, 0) is 49.9 Å². The Morgan fingerprint density at radius 3 is 2.04 bits per heavy atom. The summed E-state index contributed by atoms with van der Waals surface area (Å²) in [6.45, 7) is 1.68. The van der Waals surface area contributed by atoms with Crippen LogP contribution in [0.2, 0.25) is 0 Å². The van der Waals surface area contributed by atoms with E-state index in [-0.39, 0.29) is 11.8 Å². The summed E-state index contributed by atoms with van der Waals surface area (Å²) in [7, 11) is 0. The van der Waals surface area contributed by atoms with Crippen molar-refractivity contribution in [2.45, 2.75) is 63.3 Å². The smallest absolute Gasteiger partial charge is 0.253 e. The minimum absolute atomic E-state index is 0.0855. The van der Waals surface area contributed by atoms with E-state index in [0.717, 1.165) is 58.0 Å². The van der Waals surface area contributed by atoms with Gasteiger partial charge in [-0.15, -0.1) is 0 Å². The topological polar surface area (TPSA) is 75.4 Å². The maximum absolute atomic E-state index is 12.6. The minimum Gasteiger partial charge on any atom is -0.339 e. The van der Waals surface area contributed by atoms with Crippen molar-refractivity contribution in [1.29, 1.82) is 0 Å². The molecule has 2 amide bonds. The van der Waals surface area contributed by atoms with E-state index in [1.54, 1.807) is 24.3 Å². The highest BCUT2D eigenvalue weighted by molar-refractivity contribution is 5.99. The van der Waals surface area contributed by atoms with Gasteiger partial charge in [-0.2, -0.15) is 0 Å². The molecular weight excluding hydrogens is 314 g/mol. The van der Waals surface area contributed by atoms with Crippen molar-refractivity contribution in [3.63, 3.8) is 0 Å². The van der Waals surface area contributed by atoms with Crippen molar-refractivity contribution in [3.05, 3.63) is 29.8 Å². The first-order valence-electron chi connectivity index (χ1n) is 9.58. The second-order valence-electron chi connectivity index (χ2n) is 7.45. The molecule has 0 bridgehead atoms. The third-order valence-corrected chi connectivity index (χ3v) is 5.48. The second kappa shape index (κ2) is 8.00. The molecule has 2 fully saturated rings. The number of nitrogens with zero attached hydrogens (tertiary/aromatic N) is 1. The Labute approximate surface area is 150 Å². The Balaban J connectivity index is 1.61. The van der Waals surface area contributed by atoms with E-state index in [1.165, 1.54) is 12.8 Å². The van der Waals surface area contributed by atoms with Crippen LogP contribution in [0.1, 0.15) is 68.1 Å². The molecule has 25 heavy (non-hydrogen) atoms. The Morgan fingerprint density at radius 2 is 1.44 bits per heavy atom. The van der Waals surface area contributed by atoms with Gasteiger partial charge < -0.3 is 16.0 Å². The summed E-state index contributed by atoms with van der Waals surface area (Å²) in [5, 5.41) is 2.92. The molecule has 1 aromatic rings. The van der Waals surface area contributed by atoms with Gasteiger partial charge in [0.15, 0.2) is 0 Å². The van der Waals surface area contributed by atoms with E-state index in [4.69, 9.17) is 5.73 Å². The van der Waals surface area contributed by atoms with Crippen molar-refractivity contribution in [1.82, 2.24) is 4.90 Å². The van der Waals surface area contributed by atoms with Gasteiger partial charge in [0.05, 0.1) is 5.54 Å². The van der Waals surface area contributed by atoms with Crippen molar-refractivity contribution < 1.29 is 9.59 Å². The van der Waals surface area contributed by atoms with E-state index >= 15 is 0 Å². The molecule has 1 heterocycles. The molecule has 3 N–H and O–H groups in total. The molecule has 136 valence electrons.